The molecule has 0 spiro atoms. The molecule has 0 aliphatic heterocycles. The van der Waals surface area contributed by atoms with E-state index >= 15 is 0 Å². The Morgan fingerprint density at radius 1 is 1.17 bits per heavy atom. The van der Waals surface area contributed by atoms with E-state index in [9.17, 15) is 13.2 Å². The van der Waals surface area contributed by atoms with E-state index in [0.717, 1.165) is 14.4 Å². The zero-order valence-corrected chi connectivity index (χ0v) is 19.3. The van der Waals surface area contributed by atoms with E-state index in [-0.39, 0.29) is 4.90 Å². The van der Waals surface area contributed by atoms with Gasteiger partial charge in [0.1, 0.15) is 6.54 Å². The lowest BCUT2D eigenvalue weighted by molar-refractivity contribution is -0.114. The number of halogens is 1. The summed E-state index contributed by atoms with van der Waals surface area (Å²) in [6.45, 7) is 1.60. The Kier molecular flexibility index (Phi) is 7.28. The van der Waals surface area contributed by atoms with Gasteiger partial charge in [-0.25, -0.2) is 8.42 Å². The van der Waals surface area contributed by atoms with Crippen LogP contribution in [0.2, 0.25) is 0 Å². The van der Waals surface area contributed by atoms with Crippen LogP contribution in [0, 0.1) is 0 Å². The van der Waals surface area contributed by atoms with Crippen molar-refractivity contribution in [2.45, 2.75) is 16.2 Å². The van der Waals surface area contributed by atoms with Gasteiger partial charge in [-0.1, -0.05) is 70.2 Å². The van der Waals surface area contributed by atoms with Gasteiger partial charge in [0.2, 0.25) is 11.0 Å². The second kappa shape index (κ2) is 9.70. The predicted octanol–water partition coefficient (Wildman–Crippen LogP) is 4.25. The van der Waals surface area contributed by atoms with Crippen LogP contribution in [0.1, 0.15) is 6.92 Å². The van der Waals surface area contributed by atoms with Gasteiger partial charge in [0.25, 0.3) is 10.0 Å². The third-order valence-corrected chi connectivity index (χ3v) is 7.77. The quantitative estimate of drug-likeness (QED) is 0.358. The smallest absolute Gasteiger partial charge is 0.264 e. The van der Waals surface area contributed by atoms with Crippen LogP contribution in [0.4, 0.5) is 10.8 Å². The number of thioether (sulfide) groups is 1. The number of carbonyl (C=O) groups excluding carboxylic acids is 1. The molecule has 0 aliphatic carbocycles. The van der Waals surface area contributed by atoms with Crippen molar-refractivity contribution in [3.8, 4) is 0 Å². The number of anilines is 2. The maximum Gasteiger partial charge on any atom is 0.264 e. The first-order valence-electron chi connectivity index (χ1n) is 8.49. The summed E-state index contributed by atoms with van der Waals surface area (Å²) in [4.78, 5) is 12.7. The van der Waals surface area contributed by atoms with Crippen molar-refractivity contribution < 1.29 is 13.2 Å². The predicted molar refractivity (Wildman–Crippen MR) is 120 cm³/mol. The third kappa shape index (κ3) is 5.56. The van der Waals surface area contributed by atoms with Crippen molar-refractivity contribution in [2.24, 2.45) is 0 Å². The highest BCUT2D eigenvalue weighted by molar-refractivity contribution is 9.10. The highest BCUT2D eigenvalue weighted by atomic mass is 79.9. The standard InChI is InChI=1S/C18H17BrN4O3S3/c1-2-27-18-22-21-17(28-18)20-16(24)12-23(14-8-6-7-13(19)11-14)29(25,26)15-9-4-3-5-10-15/h3-11H,2,12H2,1H3,(H,20,21,24). The Morgan fingerprint density at radius 3 is 2.62 bits per heavy atom. The maximum atomic E-state index is 13.2. The monoisotopic (exact) mass is 512 g/mol. The zero-order valence-electron chi connectivity index (χ0n) is 15.3. The van der Waals surface area contributed by atoms with Crippen LogP contribution in [0.3, 0.4) is 0 Å². The Labute approximate surface area is 185 Å². The Balaban J connectivity index is 1.88. The number of rotatable bonds is 8. The summed E-state index contributed by atoms with van der Waals surface area (Å²) in [7, 11) is -3.95. The second-order valence-corrected chi connectivity index (χ2v) is 10.9. The van der Waals surface area contributed by atoms with Crippen LogP contribution in [-0.2, 0) is 14.8 Å². The fourth-order valence-corrected chi connectivity index (χ4v) is 5.88. The molecule has 0 atom stereocenters. The van der Waals surface area contributed by atoms with E-state index in [4.69, 9.17) is 0 Å². The maximum absolute atomic E-state index is 13.2. The van der Waals surface area contributed by atoms with E-state index in [2.05, 4.69) is 31.4 Å². The van der Waals surface area contributed by atoms with E-state index in [1.165, 1.54) is 35.2 Å². The third-order valence-electron chi connectivity index (χ3n) is 3.64. The molecule has 152 valence electrons. The molecule has 3 aromatic rings. The summed E-state index contributed by atoms with van der Waals surface area (Å²) in [5.41, 5.74) is 0.373. The number of nitrogens with zero attached hydrogens (tertiary/aromatic N) is 3. The minimum absolute atomic E-state index is 0.102. The number of aromatic nitrogens is 2. The first-order chi connectivity index (χ1) is 13.9. The molecule has 1 N–H and O–H groups in total. The summed E-state index contributed by atoms with van der Waals surface area (Å²) < 4.78 is 29.0. The lowest BCUT2D eigenvalue weighted by Gasteiger charge is -2.24. The van der Waals surface area contributed by atoms with Gasteiger partial charge in [0.05, 0.1) is 10.6 Å². The molecule has 2 aromatic carbocycles. The Morgan fingerprint density at radius 2 is 1.93 bits per heavy atom. The number of hydrogen-bond donors (Lipinski definition) is 1. The Bertz CT molecular complexity index is 1090. The average molecular weight is 513 g/mol. The molecule has 0 radical (unpaired) electrons. The molecule has 0 unspecified atom stereocenters. The number of hydrogen-bond acceptors (Lipinski definition) is 7. The normalized spacial score (nSPS) is 11.2. The van der Waals surface area contributed by atoms with Gasteiger partial charge in [0.15, 0.2) is 4.34 Å². The van der Waals surface area contributed by atoms with Crippen LogP contribution in [0.25, 0.3) is 0 Å². The summed E-state index contributed by atoms with van der Waals surface area (Å²) in [5.74, 6) is 0.336. The van der Waals surface area contributed by atoms with E-state index < -0.39 is 22.5 Å². The molecule has 3 rings (SSSR count). The number of sulfonamides is 1. The fourth-order valence-electron chi connectivity index (χ4n) is 2.40. The molecular weight excluding hydrogens is 496 g/mol. The minimum Gasteiger partial charge on any atom is -0.299 e. The molecule has 1 amide bonds. The molecule has 0 aliphatic rings. The Hall–Kier alpha value is -1.95. The van der Waals surface area contributed by atoms with Crippen molar-refractivity contribution in [3.05, 3.63) is 59.1 Å². The zero-order chi connectivity index (χ0) is 20.9. The van der Waals surface area contributed by atoms with Gasteiger partial charge in [0, 0.05) is 4.47 Å². The van der Waals surface area contributed by atoms with Crippen LogP contribution in [-0.4, -0.2) is 36.8 Å². The highest BCUT2D eigenvalue weighted by Crippen LogP contribution is 2.27. The molecule has 0 saturated heterocycles. The molecule has 1 heterocycles. The first kappa shape index (κ1) is 21.8. The summed E-state index contributed by atoms with van der Waals surface area (Å²) in [6, 6.07) is 14.8. The van der Waals surface area contributed by atoms with Gasteiger partial charge in [-0.15, -0.1) is 10.2 Å². The number of benzene rings is 2. The van der Waals surface area contributed by atoms with Crippen molar-refractivity contribution in [2.75, 3.05) is 21.9 Å². The topological polar surface area (TPSA) is 92.3 Å². The van der Waals surface area contributed by atoms with Gasteiger partial charge in [-0.05, 0) is 36.1 Å². The second-order valence-electron chi connectivity index (χ2n) is 5.66. The molecule has 0 bridgehead atoms. The number of amides is 1. The lowest BCUT2D eigenvalue weighted by Crippen LogP contribution is -2.38. The van der Waals surface area contributed by atoms with Crippen molar-refractivity contribution in [1.82, 2.24) is 10.2 Å². The first-order valence-corrected chi connectivity index (χ1v) is 12.5. The molecular formula is C18H17BrN4O3S3. The average Bonchev–Trinajstić information content (AvgIpc) is 3.14. The fraction of sp³-hybridized carbons (Fsp3) is 0.167. The van der Waals surface area contributed by atoms with Gasteiger partial charge in [-0.3, -0.25) is 14.4 Å². The summed E-state index contributed by atoms with van der Waals surface area (Å²) in [6.07, 6.45) is 0. The van der Waals surface area contributed by atoms with Crippen molar-refractivity contribution in [3.63, 3.8) is 0 Å². The summed E-state index contributed by atoms with van der Waals surface area (Å²) >= 11 is 6.12. The summed E-state index contributed by atoms with van der Waals surface area (Å²) in [5, 5.41) is 10.9. The SMILES string of the molecule is CCSc1nnc(NC(=O)CN(c2cccc(Br)c2)S(=O)(=O)c2ccccc2)s1. The molecule has 11 heteroatoms. The van der Waals surface area contributed by atoms with E-state index in [1.54, 1.807) is 42.5 Å². The van der Waals surface area contributed by atoms with Crippen LogP contribution < -0.4 is 9.62 Å². The number of carbonyl (C=O) groups is 1. The number of nitrogens with one attached hydrogen (secondary N) is 1. The van der Waals surface area contributed by atoms with Gasteiger partial charge < -0.3 is 0 Å². The molecule has 29 heavy (non-hydrogen) atoms. The van der Waals surface area contributed by atoms with Crippen molar-refractivity contribution >= 4 is 65.8 Å². The van der Waals surface area contributed by atoms with E-state index in [1.807, 2.05) is 6.92 Å². The van der Waals surface area contributed by atoms with Gasteiger partial charge >= 0.3 is 0 Å². The van der Waals surface area contributed by atoms with E-state index in [0.29, 0.717) is 15.3 Å². The molecule has 1 aromatic heterocycles. The molecule has 0 saturated carbocycles. The molecule has 7 nitrogen and oxygen atoms in total. The lowest BCUT2D eigenvalue weighted by atomic mass is 10.3. The van der Waals surface area contributed by atoms with Gasteiger partial charge in [-0.2, -0.15) is 0 Å². The van der Waals surface area contributed by atoms with Crippen LogP contribution in [0.5, 0.6) is 0 Å². The highest BCUT2D eigenvalue weighted by Gasteiger charge is 2.27. The van der Waals surface area contributed by atoms with Crippen molar-refractivity contribution in [1.29, 1.82) is 0 Å². The van der Waals surface area contributed by atoms with Crippen LogP contribution in [0.15, 0.2) is 68.3 Å². The molecule has 0 fully saturated rings. The minimum atomic E-state index is -3.95. The van der Waals surface area contributed by atoms with Crippen LogP contribution >= 0.6 is 39.0 Å². The largest absolute Gasteiger partial charge is 0.299 e.